The maximum absolute atomic E-state index is 12.5. The minimum Gasteiger partial charge on any atom is -0.338 e. The van der Waals surface area contributed by atoms with Crippen molar-refractivity contribution >= 4 is 17.5 Å². The summed E-state index contributed by atoms with van der Waals surface area (Å²) in [6, 6.07) is 0. The zero-order chi connectivity index (χ0) is 14.4. The van der Waals surface area contributed by atoms with Crippen molar-refractivity contribution in [3.63, 3.8) is 0 Å². The number of hydrogen-bond acceptors (Lipinski definition) is 4. The first-order valence-corrected chi connectivity index (χ1v) is 6.87. The summed E-state index contributed by atoms with van der Waals surface area (Å²) in [5.41, 5.74) is 2.27. The number of hydrogen-bond donors (Lipinski definition) is 0. The van der Waals surface area contributed by atoms with Gasteiger partial charge < -0.3 is 4.90 Å². The van der Waals surface area contributed by atoms with Gasteiger partial charge in [0, 0.05) is 38.5 Å². The van der Waals surface area contributed by atoms with E-state index in [1.54, 1.807) is 9.58 Å². The van der Waals surface area contributed by atoms with Crippen LogP contribution in [-0.2, 0) is 29.1 Å². The first kappa shape index (κ1) is 13.0. The summed E-state index contributed by atoms with van der Waals surface area (Å²) < 4.78 is 1.72. The van der Waals surface area contributed by atoms with Gasteiger partial charge in [-0.05, 0) is 13.3 Å². The van der Waals surface area contributed by atoms with E-state index in [-0.39, 0.29) is 17.5 Å². The monoisotopic (exact) mass is 275 g/mol. The van der Waals surface area contributed by atoms with Crippen molar-refractivity contribution in [3.8, 4) is 0 Å². The van der Waals surface area contributed by atoms with Gasteiger partial charge in [-0.25, -0.2) is 0 Å². The molecule has 2 aliphatic heterocycles. The summed E-state index contributed by atoms with van der Waals surface area (Å²) in [4.78, 5) is 37.3. The van der Waals surface area contributed by atoms with Gasteiger partial charge in [-0.1, -0.05) is 0 Å². The maximum Gasteiger partial charge on any atom is 0.219 e. The van der Waals surface area contributed by atoms with Crippen LogP contribution in [0.4, 0.5) is 0 Å². The molecule has 3 heterocycles. The lowest BCUT2D eigenvalue weighted by Crippen LogP contribution is -2.36. The number of Topliss-reactive ketones (excluding diaryl/α,β-unsaturated/α-hetero) is 2. The molecule has 1 aromatic heterocycles. The molecule has 1 aromatic rings. The van der Waals surface area contributed by atoms with E-state index in [1.807, 2.05) is 0 Å². The molecule has 0 radical (unpaired) electrons. The molecule has 6 heteroatoms. The van der Waals surface area contributed by atoms with Crippen molar-refractivity contribution in [2.45, 2.75) is 39.8 Å². The van der Waals surface area contributed by atoms with E-state index in [1.165, 1.54) is 13.8 Å². The Labute approximate surface area is 116 Å². The Kier molecular flexibility index (Phi) is 2.96. The van der Waals surface area contributed by atoms with Gasteiger partial charge >= 0.3 is 0 Å². The molecule has 0 spiro atoms. The highest BCUT2D eigenvalue weighted by atomic mass is 16.2. The van der Waals surface area contributed by atoms with Crippen molar-refractivity contribution in [2.75, 3.05) is 6.54 Å². The standard InChI is InChI=1S/C14H17N3O3/c1-8(18)10-3-6-17-13(14(10)20)11-7-16(9(2)19)5-4-12(11)15-17/h10H,3-7H2,1-2H3. The number of amides is 1. The van der Waals surface area contributed by atoms with E-state index >= 15 is 0 Å². The SMILES string of the molecule is CC(=O)C1CCn2nc3c(c2C1=O)CN(C(C)=O)CC3. The molecule has 106 valence electrons. The van der Waals surface area contributed by atoms with E-state index in [0.717, 1.165) is 11.3 Å². The summed E-state index contributed by atoms with van der Waals surface area (Å²) in [5.74, 6) is -0.767. The van der Waals surface area contributed by atoms with Crippen LogP contribution in [0.25, 0.3) is 0 Å². The first-order chi connectivity index (χ1) is 9.49. The van der Waals surface area contributed by atoms with Gasteiger partial charge in [0.2, 0.25) is 5.91 Å². The Morgan fingerprint density at radius 2 is 2.00 bits per heavy atom. The third-order valence-corrected chi connectivity index (χ3v) is 4.22. The summed E-state index contributed by atoms with van der Waals surface area (Å²) in [6.45, 7) is 4.65. The molecule has 20 heavy (non-hydrogen) atoms. The molecule has 0 saturated heterocycles. The Bertz CT molecular complexity index is 617. The minimum atomic E-state index is -0.545. The molecule has 1 amide bonds. The molecule has 0 fully saturated rings. The van der Waals surface area contributed by atoms with E-state index in [9.17, 15) is 14.4 Å². The van der Waals surface area contributed by atoms with Gasteiger partial charge in [0.05, 0.1) is 11.6 Å². The number of aromatic nitrogens is 2. The number of aryl methyl sites for hydroxylation is 1. The molecule has 6 nitrogen and oxygen atoms in total. The largest absolute Gasteiger partial charge is 0.338 e. The molecule has 0 aromatic carbocycles. The highest BCUT2D eigenvalue weighted by Gasteiger charge is 2.37. The second kappa shape index (κ2) is 4.54. The molecular formula is C14H17N3O3. The highest BCUT2D eigenvalue weighted by Crippen LogP contribution is 2.29. The number of fused-ring (bicyclic) bond motifs is 3. The fourth-order valence-electron chi connectivity index (χ4n) is 3.07. The lowest BCUT2D eigenvalue weighted by molar-refractivity contribution is -0.129. The third kappa shape index (κ3) is 1.87. The van der Waals surface area contributed by atoms with Crippen LogP contribution < -0.4 is 0 Å². The maximum atomic E-state index is 12.5. The topological polar surface area (TPSA) is 72.3 Å². The molecule has 0 aliphatic carbocycles. The average Bonchev–Trinajstić information content (AvgIpc) is 2.76. The fraction of sp³-hybridized carbons (Fsp3) is 0.571. The van der Waals surface area contributed by atoms with Gasteiger partial charge in [0.25, 0.3) is 0 Å². The van der Waals surface area contributed by atoms with Crippen LogP contribution in [0.15, 0.2) is 0 Å². The lowest BCUT2D eigenvalue weighted by atomic mass is 9.89. The second-order valence-electron chi connectivity index (χ2n) is 5.50. The number of rotatable bonds is 1. The highest BCUT2D eigenvalue weighted by molar-refractivity contribution is 6.10. The van der Waals surface area contributed by atoms with Crippen LogP contribution >= 0.6 is 0 Å². The van der Waals surface area contributed by atoms with Gasteiger partial charge in [-0.2, -0.15) is 5.10 Å². The normalized spacial score (nSPS) is 21.4. The predicted octanol–water partition coefficient (Wildman–Crippen LogP) is 0.579. The van der Waals surface area contributed by atoms with E-state index in [0.29, 0.717) is 38.2 Å². The Morgan fingerprint density at radius 3 is 2.65 bits per heavy atom. The van der Waals surface area contributed by atoms with E-state index in [4.69, 9.17) is 0 Å². The van der Waals surface area contributed by atoms with E-state index in [2.05, 4.69) is 5.10 Å². The molecule has 1 unspecified atom stereocenters. The molecule has 0 bridgehead atoms. The number of carbonyl (C=O) groups excluding carboxylic acids is 3. The minimum absolute atomic E-state index is 0.00183. The van der Waals surface area contributed by atoms with Gasteiger partial charge in [0.1, 0.15) is 11.5 Å². The van der Waals surface area contributed by atoms with Crippen molar-refractivity contribution in [2.24, 2.45) is 5.92 Å². The Hall–Kier alpha value is -1.98. The summed E-state index contributed by atoms with van der Waals surface area (Å²) in [5, 5.41) is 4.48. The molecule has 1 atom stereocenters. The number of carbonyl (C=O) groups is 3. The van der Waals surface area contributed by atoms with Crippen LogP contribution in [-0.4, -0.2) is 38.7 Å². The van der Waals surface area contributed by atoms with Gasteiger partial charge in [0.15, 0.2) is 5.78 Å². The van der Waals surface area contributed by atoms with Crippen LogP contribution in [0.3, 0.4) is 0 Å². The molecule has 2 aliphatic rings. The quantitative estimate of drug-likeness (QED) is 0.703. The predicted molar refractivity (Wildman–Crippen MR) is 70.1 cm³/mol. The van der Waals surface area contributed by atoms with Crippen molar-refractivity contribution in [3.05, 3.63) is 17.0 Å². The zero-order valence-electron chi connectivity index (χ0n) is 11.7. The third-order valence-electron chi connectivity index (χ3n) is 4.22. The van der Waals surface area contributed by atoms with Crippen LogP contribution in [0, 0.1) is 5.92 Å². The van der Waals surface area contributed by atoms with Crippen molar-refractivity contribution < 1.29 is 14.4 Å². The van der Waals surface area contributed by atoms with Crippen LogP contribution in [0.5, 0.6) is 0 Å². The van der Waals surface area contributed by atoms with Crippen LogP contribution in [0.2, 0.25) is 0 Å². The lowest BCUT2D eigenvalue weighted by Gasteiger charge is -2.26. The number of ketones is 2. The molecular weight excluding hydrogens is 258 g/mol. The molecule has 0 N–H and O–H groups in total. The summed E-state index contributed by atoms with van der Waals surface area (Å²) in [7, 11) is 0. The molecule has 0 saturated carbocycles. The van der Waals surface area contributed by atoms with Gasteiger partial charge in [-0.15, -0.1) is 0 Å². The Morgan fingerprint density at radius 1 is 1.25 bits per heavy atom. The zero-order valence-corrected chi connectivity index (χ0v) is 11.7. The van der Waals surface area contributed by atoms with Crippen LogP contribution in [0.1, 0.15) is 42.0 Å². The summed E-state index contributed by atoms with van der Waals surface area (Å²) in [6.07, 6.45) is 1.20. The summed E-state index contributed by atoms with van der Waals surface area (Å²) >= 11 is 0. The van der Waals surface area contributed by atoms with Crippen molar-refractivity contribution in [1.29, 1.82) is 0 Å². The Balaban J connectivity index is 2.02. The number of nitrogens with zero attached hydrogens (tertiary/aromatic N) is 3. The van der Waals surface area contributed by atoms with E-state index < -0.39 is 5.92 Å². The first-order valence-electron chi connectivity index (χ1n) is 6.87. The smallest absolute Gasteiger partial charge is 0.219 e. The van der Waals surface area contributed by atoms with Crippen molar-refractivity contribution in [1.82, 2.24) is 14.7 Å². The second-order valence-corrected chi connectivity index (χ2v) is 5.50. The fourth-order valence-corrected chi connectivity index (χ4v) is 3.07. The van der Waals surface area contributed by atoms with Gasteiger partial charge in [-0.3, -0.25) is 19.1 Å². The average molecular weight is 275 g/mol. The molecule has 3 rings (SSSR count).